The smallest absolute Gasteiger partial charge is 0.243 e. The minimum absolute atomic E-state index is 0.0237. The number of hydrogen-bond donors (Lipinski definition) is 4. The Labute approximate surface area is 308 Å². The summed E-state index contributed by atoms with van der Waals surface area (Å²) in [5.74, 6) is -0.424. The van der Waals surface area contributed by atoms with E-state index in [2.05, 4.69) is 22.0 Å². The number of amides is 4. The van der Waals surface area contributed by atoms with E-state index in [0.717, 1.165) is 37.7 Å². The number of rotatable bonds is 17. The summed E-state index contributed by atoms with van der Waals surface area (Å²) in [7, 11) is 0. The lowest BCUT2D eigenvalue weighted by Gasteiger charge is -2.36. The molecule has 0 spiro atoms. The number of aliphatic hydroxyl groups excluding tert-OH is 1. The number of nitrogens with one attached hydrogen (secondary N) is 3. The van der Waals surface area contributed by atoms with E-state index < -0.39 is 42.1 Å². The maximum Gasteiger partial charge on any atom is 0.243 e. The second-order valence-electron chi connectivity index (χ2n) is 15.3. The van der Waals surface area contributed by atoms with Gasteiger partial charge in [-0.25, -0.2) is 0 Å². The van der Waals surface area contributed by atoms with E-state index in [1.54, 1.807) is 18.2 Å². The molecular formula is C41H57N5O6. The van der Waals surface area contributed by atoms with Crippen molar-refractivity contribution in [1.82, 2.24) is 20.9 Å². The number of nitriles is 1. The molecule has 1 heterocycles. The molecule has 3 unspecified atom stereocenters. The monoisotopic (exact) mass is 715 g/mol. The molecule has 4 rings (SSSR count). The number of fused-ring (bicyclic) bond motifs is 1. The van der Waals surface area contributed by atoms with E-state index in [1.165, 1.54) is 11.8 Å². The highest BCUT2D eigenvalue weighted by molar-refractivity contribution is 5.92. The lowest BCUT2D eigenvalue weighted by Crippen LogP contribution is -2.58. The summed E-state index contributed by atoms with van der Waals surface area (Å²) < 4.78 is 5.93. The molecule has 282 valence electrons. The van der Waals surface area contributed by atoms with Crippen LogP contribution in [-0.4, -0.2) is 71.0 Å². The molecule has 2 aromatic rings. The molecule has 0 radical (unpaired) electrons. The maximum atomic E-state index is 14.5. The van der Waals surface area contributed by atoms with Crippen LogP contribution in [0.5, 0.6) is 5.75 Å². The molecule has 1 saturated carbocycles. The van der Waals surface area contributed by atoms with Crippen molar-refractivity contribution in [3.05, 3.63) is 65.2 Å². The SMILES string of the molecule is CC(=O)N(C1COc2ccc(C#N)cc21)[C@@H](Cc1ccccc1)C(=O)N[C@@H](CC(C)C)C(=O)NC(CC1CCCCC1)C(O)CC(=O)NCC(C)C. The average molecular weight is 716 g/mol. The molecule has 1 fully saturated rings. The third-order valence-corrected chi connectivity index (χ3v) is 10.1. The van der Waals surface area contributed by atoms with Crippen molar-refractivity contribution in [2.45, 2.75) is 123 Å². The maximum absolute atomic E-state index is 14.5. The number of carbonyl (C=O) groups excluding carboxylic acids is 4. The fourth-order valence-corrected chi connectivity index (χ4v) is 7.38. The van der Waals surface area contributed by atoms with Crippen molar-refractivity contribution in [3.8, 4) is 11.8 Å². The molecule has 0 bridgehead atoms. The van der Waals surface area contributed by atoms with Crippen LogP contribution in [0.2, 0.25) is 0 Å². The lowest BCUT2D eigenvalue weighted by atomic mass is 9.83. The fourth-order valence-electron chi connectivity index (χ4n) is 7.38. The van der Waals surface area contributed by atoms with E-state index in [4.69, 9.17) is 4.74 Å². The van der Waals surface area contributed by atoms with Gasteiger partial charge in [0, 0.05) is 25.5 Å². The summed E-state index contributed by atoms with van der Waals surface area (Å²) in [5.41, 5.74) is 1.89. The highest BCUT2D eigenvalue weighted by atomic mass is 16.5. The van der Waals surface area contributed by atoms with Crippen LogP contribution in [0.3, 0.4) is 0 Å². The van der Waals surface area contributed by atoms with E-state index in [-0.39, 0.29) is 43.1 Å². The predicted octanol–water partition coefficient (Wildman–Crippen LogP) is 4.96. The van der Waals surface area contributed by atoms with Gasteiger partial charge in [0.25, 0.3) is 0 Å². The molecule has 1 aliphatic heterocycles. The largest absolute Gasteiger partial charge is 0.491 e. The molecule has 2 aliphatic rings. The molecule has 52 heavy (non-hydrogen) atoms. The van der Waals surface area contributed by atoms with Crippen LogP contribution in [0.4, 0.5) is 0 Å². The second kappa shape index (κ2) is 19.4. The zero-order chi connectivity index (χ0) is 37.8. The molecule has 2 aromatic carbocycles. The fraction of sp³-hybridized carbons (Fsp3) is 0.585. The van der Waals surface area contributed by atoms with Gasteiger partial charge in [0.05, 0.1) is 36.2 Å². The molecule has 0 saturated heterocycles. The van der Waals surface area contributed by atoms with Crippen molar-refractivity contribution in [2.75, 3.05) is 13.2 Å². The van der Waals surface area contributed by atoms with Crippen LogP contribution in [-0.2, 0) is 25.6 Å². The summed E-state index contributed by atoms with van der Waals surface area (Å²) in [4.78, 5) is 56.4. The van der Waals surface area contributed by atoms with Gasteiger partial charge in [-0.15, -0.1) is 0 Å². The Morgan fingerprint density at radius 3 is 2.31 bits per heavy atom. The van der Waals surface area contributed by atoms with Crippen molar-refractivity contribution in [2.24, 2.45) is 17.8 Å². The van der Waals surface area contributed by atoms with Gasteiger partial charge in [0.2, 0.25) is 23.6 Å². The van der Waals surface area contributed by atoms with Crippen molar-refractivity contribution < 1.29 is 29.0 Å². The highest BCUT2D eigenvalue weighted by Crippen LogP contribution is 2.38. The van der Waals surface area contributed by atoms with E-state index >= 15 is 0 Å². The molecule has 4 amide bonds. The Balaban J connectivity index is 1.61. The zero-order valence-electron chi connectivity index (χ0n) is 31.4. The van der Waals surface area contributed by atoms with Gasteiger partial charge in [-0.3, -0.25) is 19.2 Å². The Morgan fingerprint density at radius 2 is 1.67 bits per heavy atom. The first-order chi connectivity index (χ1) is 24.9. The lowest BCUT2D eigenvalue weighted by molar-refractivity contribution is -0.143. The summed E-state index contributed by atoms with van der Waals surface area (Å²) in [5, 5.41) is 29.9. The third kappa shape index (κ3) is 11.5. The summed E-state index contributed by atoms with van der Waals surface area (Å²) in [6.07, 6.45) is 5.12. The van der Waals surface area contributed by atoms with Gasteiger partial charge in [-0.05, 0) is 54.4 Å². The van der Waals surface area contributed by atoms with Crippen LogP contribution in [0.1, 0.15) is 109 Å². The molecule has 5 atom stereocenters. The summed E-state index contributed by atoms with van der Waals surface area (Å²) >= 11 is 0. The van der Waals surface area contributed by atoms with Crippen molar-refractivity contribution in [3.63, 3.8) is 0 Å². The topological polar surface area (TPSA) is 161 Å². The molecular weight excluding hydrogens is 658 g/mol. The molecule has 1 aliphatic carbocycles. The minimum atomic E-state index is -1.10. The van der Waals surface area contributed by atoms with Gasteiger partial charge in [0.1, 0.15) is 24.4 Å². The number of ether oxygens (including phenoxy) is 1. The zero-order valence-corrected chi connectivity index (χ0v) is 31.4. The predicted molar refractivity (Wildman–Crippen MR) is 199 cm³/mol. The normalized spacial score (nSPS) is 17.9. The number of benzene rings is 2. The first-order valence-electron chi connectivity index (χ1n) is 18.9. The molecule has 4 N–H and O–H groups in total. The van der Waals surface area contributed by atoms with Crippen LogP contribution in [0, 0.1) is 29.1 Å². The summed E-state index contributed by atoms with van der Waals surface area (Å²) in [6.45, 7) is 9.93. The van der Waals surface area contributed by atoms with Gasteiger partial charge in [-0.1, -0.05) is 90.1 Å². The number of hydrogen-bond acceptors (Lipinski definition) is 7. The standard InChI is InChI=1S/C41H57N5O6/c1-26(2)18-34(40(50)44-33(20-29-12-8-6-9-13-29)37(48)22-39(49)43-24-27(3)4)45-41(51)35(21-30-14-10-7-11-15-30)46(28(5)47)36-25-52-38-17-16-31(23-42)19-32(36)38/h7,10-11,14-17,19,26-27,29,33-37,48H,6,8-9,12-13,18,20-22,24-25H2,1-5H3,(H,43,49)(H,44,50)(H,45,51)/t33?,34-,35-,36?,37?/m0/s1. The average Bonchev–Trinajstić information content (AvgIpc) is 3.52. The van der Waals surface area contributed by atoms with Crippen molar-refractivity contribution in [1.29, 1.82) is 5.26 Å². The number of aliphatic hydroxyl groups is 1. The number of carbonyl (C=O) groups is 4. The van der Waals surface area contributed by atoms with Crippen LogP contribution < -0.4 is 20.7 Å². The Kier molecular flexibility index (Phi) is 15.1. The quantitative estimate of drug-likeness (QED) is 0.180. The van der Waals surface area contributed by atoms with E-state index in [9.17, 15) is 29.5 Å². The number of nitrogens with zero attached hydrogens (tertiary/aromatic N) is 2. The van der Waals surface area contributed by atoms with Gasteiger partial charge in [-0.2, -0.15) is 5.26 Å². The van der Waals surface area contributed by atoms with Crippen LogP contribution >= 0.6 is 0 Å². The van der Waals surface area contributed by atoms with Gasteiger partial charge >= 0.3 is 0 Å². The Morgan fingerprint density at radius 1 is 0.962 bits per heavy atom. The van der Waals surface area contributed by atoms with Crippen LogP contribution in [0.25, 0.3) is 0 Å². The Hall–Kier alpha value is -4.43. The Bertz CT molecular complexity index is 1550. The second-order valence-corrected chi connectivity index (χ2v) is 15.3. The highest BCUT2D eigenvalue weighted by Gasteiger charge is 2.40. The van der Waals surface area contributed by atoms with Gasteiger partial charge < -0.3 is 30.7 Å². The van der Waals surface area contributed by atoms with E-state index in [0.29, 0.717) is 42.2 Å². The van der Waals surface area contributed by atoms with E-state index in [1.807, 2.05) is 58.0 Å². The molecule has 11 nitrogen and oxygen atoms in total. The minimum Gasteiger partial charge on any atom is -0.491 e. The first kappa shape index (κ1) is 40.3. The first-order valence-corrected chi connectivity index (χ1v) is 18.9. The van der Waals surface area contributed by atoms with Crippen LogP contribution in [0.15, 0.2) is 48.5 Å². The summed E-state index contributed by atoms with van der Waals surface area (Å²) in [6, 6.07) is 13.3. The van der Waals surface area contributed by atoms with Crippen molar-refractivity contribution >= 4 is 23.6 Å². The molecule has 11 heteroatoms. The third-order valence-electron chi connectivity index (χ3n) is 10.1. The van der Waals surface area contributed by atoms with Gasteiger partial charge in [0.15, 0.2) is 0 Å². The molecule has 0 aromatic heterocycles.